The van der Waals surface area contributed by atoms with Gasteiger partial charge >= 0.3 is 0 Å². The van der Waals surface area contributed by atoms with E-state index < -0.39 is 0 Å². The predicted octanol–water partition coefficient (Wildman–Crippen LogP) is 4.03. The van der Waals surface area contributed by atoms with Crippen LogP contribution in [-0.4, -0.2) is 11.7 Å². The van der Waals surface area contributed by atoms with Gasteiger partial charge in [0.15, 0.2) is 0 Å². The molecule has 0 aliphatic heterocycles. The minimum absolute atomic E-state index is 0.0383. The van der Waals surface area contributed by atoms with E-state index in [1.54, 1.807) is 0 Å². The first-order valence-corrected chi connectivity index (χ1v) is 7.62. The normalized spacial score (nSPS) is 12.4. The van der Waals surface area contributed by atoms with E-state index in [1.165, 1.54) is 5.56 Å². The molecule has 0 saturated carbocycles. The Morgan fingerprint density at radius 3 is 2.37 bits per heavy atom. The predicted molar refractivity (Wildman–Crippen MR) is 85.0 cm³/mol. The van der Waals surface area contributed by atoms with E-state index in [4.69, 9.17) is 0 Å². The second kappa shape index (κ2) is 7.20. The lowest BCUT2D eigenvalue weighted by Crippen LogP contribution is -2.23. The summed E-state index contributed by atoms with van der Waals surface area (Å²) in [6, 6.07) is 16.1. The fourth-order valence-electron chi connectivity index (χ4n) is 1.86. The smallest absolute Gasteiger partial charge is 0.0626 e. The first kappa shape index (κ1) is 14.7. The van der Waals surface area contributed by atoms with Crippen LogP contribution in [0, 0.1) is 0 Å². The lowest BCUT2D eigenvalue weighted by atomic mass is 10.1. The van der Waals surface area contributed by atoms with E-state index in [2.05, 4.69) is 49.3 Å². The van der Waals surface area contributed by atoms with E-state index in [0.29, 0.717) is 6.54 Å². The van der Waals surface area contributed by atoms with E-state index in [9.17, 15) is 5.11 Å². The molecule has 1 atom stereocenters. The number of benzene rings is 2. The van der Waals surface area contributed by atoms with Gasteiger partial charge in [-0.3, -0.25) is 0 Å². The van der Waals surface area contributed by atoms with Crippen molar-refractivity contribution in [2.75, 3.05) is 6.61 Å². The highest BCUT2D eigenvalue weighted by molar-refractivity contribution is 9.13. The van der Waals surface area contributed by atoms with Crippen LogP contribution in [0.1, 0.15) is 17.2 Å². The molecule has 0 radical (unpaired) electrons. The summed E-state index contributed by atoms with van der Waals surface area (Å²) in [5.74, 6) is 0. The van der Waals surface area contributed by atoms with Crippen molar-refractivity contribution in [3.63, 3.8) is 0 Å². The molecule has 0 heterocycles. The molecular formula is C15H15Br2NO. The van der Waals surface area contributed by atoms with Crippen LogP contribution >= 0.6 is 31.9 Å². The van der Waals surface area contributed by atoms with Gasteiger partial charge in [-0.05, 0) is 55.1 Å². The Kier molecular flexibility index (Phi) is 5.58. The summed E-state index contributed by atoms with van der Waals surface area (Å²) >= 11 is 6.94. The Hall–Kier alpha value is -0.680. The number of hydrogen-bond donors (Lipinski definition) is 2. The van der Waals surface area contributed by atoms with E-state index in [-0.39, 0.29) is 12.6 Å². The standard InChI is InChI=1S/C15H15Br2NO/c16-13-7-6-11(8-14(13)17)9-18-15(10-19)12-4-2-1-3-5-12/h1-8,15,18-19H,9-10H2. The Bertz CT molecular complexity index is 531. The molecule has 0 bridgehead atoms. The van der Waals surface area contributed by atoms with Crippen LogP contribution in [-0.2, 0) is 6.54 Å². The van der Waals surface area contributed by atoms with Crippen LogP contribution in [0.3, 0.4) is 0 Å². The van der Waals surface area contributed by atoms with Crippen molar-refractivity contribution < 1.29 is 5.11 Å². The topological polar surface area (TPSA) is 32.3 Å². The zero-order valence-electron chi connectivity index (χ0n) is 10.3. The number of rotatable bonds is 5. The minimum atomic E-state index is -0.0383. The lowest BCUT2D eigenvalue weighted by Gasteiger charge is -2.17. The van der Waals surface area contributed by atoms with Gasteiger partial charge in [-0.15, -0.1) is 0 Å². The van der Waals surface area contributed by atoms with Crippen LogP contribution in [0.25, 0.3) is 0 Å². The molecule has 0 saturated heterocycles. The second-order valence-corrected chi connectivity index (χ2v) is 5.98. The van der Waals surface area contributed by atoms with E-state index in [1.807, 2.05) is 36.4 Å². The van der Waals surface area contributed by atoms with Gasteiger partial charge in [0, 0.05) is 15.5 Å². The van der Waals surface area contributed by atoms with Gasteiger partial charge in [-0.2, -0.15) is 0 Å². The van der Waals surface area contributed by atoms with Crippen LogP contribution in [0.4, 0.5) is 0 Å². The Labute approximate surface area is 130 Å². The molecule has 2 N–H and O–H groups in total. The SMILES string of the molecule is OCC(NCc1ccc(Br)c(Br)c1)c1ccccc1. The molecule has 0 spiro atoms. The average molecular weight is 385 g/mol. The fraction of sp³-hybridized carbons (Fsp3) is 0.200. The molecular weight excluding hydrogens is 370 g/mol. The number of aliphatic hydroxyl groups excluding tert-OH is 1. The fourth-order valence-corrected chi connectivity index (χ4v) is 2.54. The molecule has 0 amide bonds. The quantitative estimate of drug-likeness (QED) is 0.815. The highest BCUT2D eigenvalue weighted by atomic mass is 79.9. The summed E-state index contributed by atoms with van der Waals surface area (Å²) in [6.45, 7) is 0.799. The summed E-state index contributed by atoms with van der Waals surface area (Å²) in [5.41, 5.74) is 2.27. The van der Waals surface area contributed by atoms with Gasteiger partial charge in [0.2, 0.25) is 0 Å². The first-order chi connectivity index (χ1) is 9.20. The molecule has 2 aromatic rings. The van der Waals surface area contributed by atoms with Gasteiger partial charge in [-0.1, -0.05) is 36.4 Å². The number of hydrogen-bond acceptors (Lipinski definition) is 2. The van der Waals surface area contributed by atoms with Crippen LogP contribution in [0.15, 0.2) is 57.5 Å². The van der Waals surface area contributed by atoms with E-state index in [0.717, 1.165) is 14.5 Å². The maximum atomic E-state index is 9.48. The minimum Gasteiger partial charge on any atom is -0.394 e. The zero-order valence-corrected chi connectivity index (χ0v) is 13.5. The molecule has 19 heavy (non-hydrogen) atoms. The molecule has 2 nitrogen and oxygen atoms in total. The van der Waals surface area contributed by atoms with Crippen molar-refractivity contribution >= 4 is 31.9 Å². The molecule has 0 aliphatic rings. The highest BCUT2D eigenvalue weighted by Crippen LogP contribution is 2.24. The highest BCUT2D eigenvalue weighted by Gasteiger charge is 2.09. The summed E-state index contributed by atoms with van der Waals surface area (Å²) < 4.78 is 2.07. The van der Waals surface area contributed by atoms with Crippen molar-refractivity contribution in [1.29, 1.82) is 0 Å². The average Bonchev–Trinajstić information content (AvgIpc) is 2.44. The molecule has 2 aromatic carbocycles. The maximum Gasteiger partial charge on any atom is 0.0626 e. The Morgan fingerprint density at radius 1 is 1.00 bits per heavy atom. The first-order valence-electron chi connectivity index (χ1n) is 6.04. The van der Waals surface area contributed by atoms with Crippen LogP contribution < -0.4 is 5.32 Å². The van der Waals surface area contributed by atoms with Crippen LogP contribution in [0.5, 0.6) is 0 Å². The third-order valence-electron chi connectivity index (χ3n) is 2.92. The number of nitrogens with one attached hydrogen (secondary N) is 1. The van der Waals surface area contributed by atoms with Crippen molar-refractivity contribution in [3.05, 3.63) is 68.6 Å². The monoisotopic (exact) mass is 383 g/mol. The summed E-state index contributed by atoms with van der Waals surface area (Å²) in [4.78, 5) is 0. The molecule has 0 aromatic heterocycles. The number of halogens is 2. The van der Waals surface area contributed by atoms with Crippen molar-refractivity contribution in [3.8, 4) is 0 Å². The molecule has 1 unspecified atom stereocenters. The maximum absolute atomic E-state index is 9.48. The molecule has 0 fully saturated rings. The molecule has 4 heteroatoms. The van der Waals surface area contributed by atoms with Gasteiger partial charge in [0.1, 0.15) is 0 Å². The van der Waals surface area contributed by atoms with Gasteiger partial charge in [-0.25, -0.2) is 0 Å². The molecule has 2 rings (SSSR count). The van der Waals surface area contributed by atoms with E-state index >= 15 is 0 Å². The van der Waals surface area contributed by atoms with Gasteiger partial charge in [0.25, 0.3) is 0 Å². The van der Waals surface area contributed by atoms with Gasteiger partial charge in [0.05, 0.1) is 12.6 Å². The Balaban J connectivity index is 2.02. The molecule has 100 valence electrons. The van der Waals surface area contributed by atoms with Gasteiger partial charge < -0.3 is 10.4 Å². The third kappa shape index (κ3) is 4.14. The van der Waals surface area contributed by atoms with Crippen molar-refractivity contribution in [2.45, 2.75) is 12.6 Å². The largest absolute Gasteiger partial charge is 0.394 e. The molecule has 0 aliphatic carbocycles. The second-order valence-electron chi connectivity index (χ2n) is 4.28. The number of aliphatic hydroxyl groups is 1. The summed E-state index contributed by atoms with van der Waals surface area (Å²) in [7, 11) is 0. The zero-order chi connectivity index (χ0) is 13.7. The lowest BCUT2D eigenvalue weighted by molar-refractivity contribution is 0.243. The summed E-state index contributed by atoms with van der Waals surface area (Å²) in [6.07, 6.45) is 0. The third-order valence-corrected chi connectivity index (χ3v) is 4.80. The van der Waals surface area contributed by atoms with Crippen molar-refractivity contribution in [2.24, 2.45) is 0 Å². The van der Waals surface area contributed by atoms with Crippen LogP contribution in [0.2, 0.25) is 0 Å². The Morgan fingerprint density at radius 2 is 1.74 bits per heavy atom. The van der Waals surface area contributed by atoms with Crippen molar-refractivity contribution in [1.82, 2.24) is 5.32 Å². The summed E-state index contributed by atoms with van der Waals surface area (Å²) in [5, 5.41) is 12.8.